The van der Waals surface area contributed by atoms with Crippen molar-refractivity contribution >= 4 is 24.5 Å². The van der Waals surface area contributed by atoms with Gasteiger partial charge in [0.15, 0.2) is 0 Å². The van der Waals surface area contributed by atoms with Gasteiger partial charge in [0.1, 0.15) is 0 Å². The van der Waals surface area contributed by atoms with Crippen molar-refractivity contribution < 1.29 is 27.4 Å². The number of ether oxygens (including phenoxy) is 2. The highest BCUT2D eigenvalue weighted by molar-refractivity contribution is 5.97. The van der Waals surface area contributed by atoms with Gasteiger partial charge in [-0.3, -0.25) is 5.41 Å². The zero-order valence-corrected chi connectivity index (χ0v) is 10.6. The van der Waals surface area contributed by atoms with Gasteiger partial charge in [0, 0.05) is 5.56 Å². The van der Waals surface area contributed by atoms with Crippen molar-refractivity contribution in [2.45, 2.75) is 13.1 Å². The molecule has 4 nitrogen and oxygen atoms in total. The monoisotopic (exact) mass is 297 g/mol. The largest absolute Gasteiger partial charge is 0.515 e. The number of nitrogens with one attached hydrogen (secondary N) is 1. The molecule has 0 aromatic heterocycles. The van der Waals surface area contributed by atoms with E-state index in [1.54, 1.807) is 6.92 Å². The summed E-state index contributed by atoms with van der Waals surface area (Å²) in [5.74, 6) is -0.567. The molecular weight excluding hydrogens is 287 g/mol. The Morgan fingerprint density at radius 3 is 2.21 bits per heavy atom. The molecule has 1 aromatic rings. The van der Waals surface area contributed by atoms with Crippen LogP contribution in [-0.2, 0) is 15.7 Å². The number of carbonyl (C=O) groups excluding carboxylic acids is 1. The predicted molar refractivity (Wildman–Crippen MR) is 63.6 cm³/mol. The van der Waals surface area contributed by atoms with Gasteiger partial charge in [-0.1, -0.05) is 0 Å². The summed E-state index contributed by atoms with van der Waals surface area (Å²) >= 11 is 0. The van der Waals surface area contributed by atoms with Crippen molar-refractivity contribution in [3.05, 3.63) is 35.4 Å². The molecule has 0 aliphatic heterocycles. The highest BCUT2D eigenvalue weighted by atomic mass is 35.5. The molecule has 8 heteroatoms. The molecule has 0 bridgehead atoms. The van der Waals surface area contributed by atoms with E-state index in [0.29, 0.717) is 0 Å². The van der Waals surface area contributed by atoms with Crippen LogP contribution in [0.25, 0.3) is 0 Å². The lowest BCUT2D eigenvalue weighted by Gasteiger charge is -2.08. The van der Waals surface area contributed by atoms with Gasteiger partial charge < -0.3 is 9.47 Å². The summed E-state index contributed by atoms with van der Waals surface area (Å²) < 4.78 is 45.7. The summed E-state index contributed by atoms with van der Waals surface area (Å²) in [6, 6.07) is 3.70. The number of halogens is 4. The summed E-state index contributed by atoms with van der Waals surface area (Å²) in [4.78, 5) is 10.9. The molecule has 0 amide bonds. The van der Waals surface area contributed by atoms with Gasteiger partial charge in [0.2, 0.25) is 5.90 Å². The Morgan fingerprint density at radius 1 is 1.26 bits per heavy atom. The number of hydrogen-bond donors (Lipinski definition) is 1. The van der Waals surface area contributed by atoms with Gasteiger partial charge in [-0.2, -0.15) is 13.2 Å². The number of benzene rings is 1. The Kier molecular flexibility index (Phi) is 6.34. The summed E-state index contributed by atoms with van der Waals surface area (Å²) in [6.45, 7) is 1.64. The molecule has 1 rings (SSSR count). The fourth-order valence-corrected chi connectivity index (χ4v) is 1.10. The third-order valence-electron chi connectivity index (χ3n) is 1.92. The third kappa shape index (κ3) is 5.17. The Hall–Kier alpha value is -1.76. The van der Waals surface area contributed by atoms with Crippen LogP contribution in [0.2, 0.25) is 0 Å². The van der Waals surface area contributed by atoms with Crippen LogP contribution in [0.3, 0.4) is 0 Å². The zero-order chi connectivity index (χ0) is 13.8. The molecule has 0 aliphatic rings. The predicted octanol–water partition coefficient (Wildman–Crippen LogP) is 3.63. The average molecular weight is 298 g/mol. The van der Waals surface area contributed by atoms with Crippen LogP contribution in [0.15, 0.2) is 24.3 Å². The first-order chi connectivity index (χ1) is 8.34. The van der Waals surface area contributed by atoms with Crippen LogP contribution in [-0.4, -0.2) is 18.7 Å². The van der Waals surface area contributed by atoms with Gasteiger partial charge >= 0.3 is 12.3 Å². The Bertz CT molecular complexity index is 445. The normalized spacial score (nSPS) is 10.3. The van der Waals surface area contributed by atoms with E-state index in [0.717, 1.165) is 24.3 Å². The van der Waals surface area contributed by atoms with Gasteiger partial charge in [-0.25, -0.2) is 4.79 Å². The fraction of sp³-hybridized carbons (Fsp3) is 0.273. The summed E-state index contributed by atoms with van der Waals surface area (Å²) in [6.07, 6.45) is -5.51. The van der Waals surface area contributed by atoms with Crippen molar-refractivity contribution in [1.29, 1.82) is 5.41 Å². The topological polar surface area (TPSA) is 59.4 Å². The van der Waals surface area contributed by atoms with Crippen molar-refractivity contribution in [2.24, 2.45) is 0 Å². The smallest absolute Gasteiger partial charge is 0.434 e. The van der Waals surface area contributed by atoms with Crippen LogP contribution in [0.5, 0.6) is 0 Å². The number of rotatable bonds is 2. The van der Waals surface area contributed by atoms with Crippen LogP contribution in [0.1, 0.15) is 18.1 Å². The van der Waals surface area contributed by atoms with E-state index in [4.69, 9.17) is 5.41 Å². The number of hydrogen-bond acceptors (Lipinski definition) is 4. The van der Waals surface area contributed by atoms with Crippen LogP contribution in [0.4, 0.5) is 18.0 Å². The van der Waals surface area contributed by atoms with Crippen molar-refractivity contribution in [3.8, 4) is 0 Å². The first kappa shape index (κ1) is 17.2. The van der Waals surface area contributed by atoms with Gasteiger partial charge in [-0.05, 0) is 31.2 Å². The van der Waals surface area contributed by atoms with E-state index < -0.39 is 23.8 Å². The fourth-order valence-electron chi connectivity index (χ4n) is 1.10. The minimum absolute atomic E-state index is 0. The van der Waals surface area contributed by atoms with Gasteiger partial charge in [0.25, 0.3) is 0 Å². The van der Waals surface area contributed by atoms with E-state index in [2.05, 4.69) is 9.47 Å². The lowest BCUT2D eigenvalue weighted by molar-refractivity contribution is -0.137. The van der Waals surface area contributed by atoms with Crippen molar-refractivity contribution in [1.82, 2.24) is 0 Å². The molecule has 19 heavy (non-hydrogen) atoms. The molecule has 0 radical (unpaired) electrons. The molecule has 0 saturated carbocycles. The second-order valence-electron chi connectivity index (χ2n) is 3.19. The van der Waals surface area contributed by atoms with E-state index in [1.165, 1.54) is 0 Å². The lowest BCUT2D eigenvalue weighted by Crippen LogP contribution is -2.14. The van der Waals surface area contributed by atoms with Crippen molar-refractivity contribution in [2.75, 3.05) is 6.61 Å². The summed E-state index contributed by atoms with van der Waals surface area (Å²) in [5.41, 5.74) is -0.786. The van der Waals surface area contributed by atoms with E-state index in [9.17, 15) is 18.0 Å². The number of carbonyl (C=O) groups is 1. The number of alkyl halides is 3. The zero-order valence-electron chi connectivity index (χ0n) is 9.78. The van der Waals surface area contributed by atoms with Gasteiger partial charge in [0.05, 0.1) is 12.2 Å². The first-order valence-corrected chi connectivity index (χ1v) is 4.95. The molecule has 0 saturated heterocycles. The molecule has 1 aromatic carbocycles. The maximum Gasteiger partial charge on any atom is 0.515 e. The Balaban J connectivity index is 0.00000324. The van der Waals surface area contributed by atoms with Crippen LogP contribution >= 0.6 is 12.4 Å². The molecule has 0 spiro atoms. The summed E-state index contributed by atoms with van der Waals surface area (Å²) in [5, 5.41) is 7.36. The quantitative estimate of drug-likeness (QED) is 0.515. The minimum Gasteiger partial charge on any atom is -0.434 e. The second kappa shape index (κ2) is 6.98. The molecule has 0 fully saturated rings. The van der Waals surface area contributed by atoms with E-state index >= 15 is 0 Å². The maximum absolute atomic E-state index is 12.3. The molecule has 0 atom stereocenters. The Labute approximate surface area is 113 Å². The van der Waals surface area contributed by atoms with Gasteiger partial charge in [-0.15, -0.1) is 12.4 Å². The molecule has 1 N–H and O–H groups in total. The standard InChI is InChI=1S/C11H10F3NO3.ClH/c1-2-17-10(16)18-9(15)7-3-5-8(6-4-7)11(12,13)14;/h3-6,15H,2H2,1H3;1H. The molecule has 0 heterocycles. The third-order valence-corrected chi connectivity index (χ3v) is 1.92. The van der Waals surface area contributed by atoms with Crippen LogP contribution in [0, 0.1) is 5.41 Å². The Morgan fingerprint density at radius 2 is 1.79 bits per heavy atom. The van der Waals surface area contributed by atoms with Crippen molar-refractivity contribution in [3.63, 3.8) is 0 Å². The summed E-state index contributed by atoms with van der Waals surface area (Å²) in [7, 11) is 0. The molecular formula is C11H11ClF3NO3. The highest BCUT2D eigenvalue weighted by Crippen LogP contribution is 2.29. The average Bonchev–Trinajstić information content (AvgIpc) is 2.28. The van der Waals surface area contributed by atoms with E-state index in [1.807, 2.05) is 0 Å². The molecule has 0 aliphatic carbocycles. The van der Waals surface area contributed by atoms with E-state index in [-0.39, 0.29) is 24.6 Å². The molecule has 0 unspecified atom stereocenters. The molecule has 106 valence electrons. The highest BCUT2D eigenvalue weighted by Gasteiger charge is 2.30. The minimum atomic E-state index is -4.44. The SMILES string of the molecule is CCOC(=O)OC(=N)c1ccc(C(F)(F)F)cc1.Cl. The first-order valence-electron chi connectivity index (χ1n) is 4.95. The second-order valence-corrected chi connectivity index (χ2v) is 3.19. The maximum atomic E-state index is 12.3. The van der Waals surface area contributed by atoms with Crippen LogP contribution < -0.4 is 0 Å². The lowest BCUT2D eigenvalue weighted by atomic mass is 10.1.